The van der Waals surface area contributed by atoms with E-state index in [-0.39, 0.29) is 22.3 Å². The van der Waals surface area contributed by atoms with Crippen LogP contribution in [0.1, 0.15) is 63.5 Å². The first-order valence-electron chi connectivity index (χ1n) is 13.2. The molecular weight excluding hydrogens is 416 g/mol. The minimum Gasteiger partial charge on any atom is -0.342 e. The van der Waals surface area contributed by atoms with Crippen LogP contribution in [0.5, 0.6) is 0 Å². The highest BCUT2D eigenvalue weighted by Gasteiger charge is 2.63. The molecule has 4 saturated carbocycles. The summed E-state index contributed by atoms with van der Waals surface area (Å²) < 4.78 is 0. The van der Waals surface area contributed by atoms with Crippen molar-refractivity contribution in [2.45, 2.75) is 63.8 Å². The average molecular weight is 455 g/mol. The first-order valence-corrected chi connectivity index (χ1v) is 13.2. The van der Waals surface area contributed by atoms with Crippen molar-refractivity contribution in [2.75, 3.05) is 13.1 Å². The number of piperidine rings is 1. The first kappa shape index (κ1) is 22.1. The highest BCUT2D eigenvalue weighted by Crippen LogP contribution is 2.68. The van der Waals surface area contributed by atoms with Gasteiger partial charge in [0, 0.05) is 19.1 Å². The molecule has 34 heavy (non-hydrogen) atoms. The number of benzene rings is 2. The number of hydrogen-bond acceptors (Lipinski definition) is 2. The van der Waals surface area contributed by atoms with Crippen LogP contribution in [0.4, 0.5) is 0 Å². The summed E-state index contributed by atoms with van der Waals surface area (Å²) in [6, 6.07) is 22.0. The Morgan fingerprint density at radius 2 is 1.56 bits per heavy atom. The van der Waals surface area contributed by atoms with Crippen molar-refractivity contribution in [1.29, 1.82) is 0 Å². The monoisotopic (exact) mass is 454 g/mol. The summed E-state index contributed by atoms with van der Waals surface area (Å²) in [5, 5.41) is 0. The molecular formula is C31H38N2O. The van der Waals surface area contributed by atoms with Crippen LogP contribution in [-0.2, 0) is 10.2 Å². The number of amides is 1. The van der Waals surface area contributed by atoms with Crippen LogP contribution >= 0.6 is 0 Å². The molecule has 0 radical (unpaired) electrons. The molecule has 4 bridgehead atoms. The Bertz CT molecular complexity index is 1080. The largest absolute Gasteiger partial charge is 0.342 e. The van der Waals surface area contributed by atoms with E-state index in [9.17, 15) is 4.79 Å². The molecule has 1 heterocycles. The van der Waals surface area contributed by atoms with Gasteiger partial charge >= 0.3 is 0 Å². The molecule has 2 N–H and O–H groups in total. The zero-order valence-electron chi connectivity index (χ0n) is 20.7. The minimum atomic E-state index is -0.229. The van der Waals surface area contributed by atoms with Gasteiger partial charge in [0.1, 0.15) is 0 Å². The van der Waals surface area contributed by atoms with Gasteiger partial charge in [-0.2, -0.15) is 0 Å². The lowest BCUT2D eigenvalue weighted by Gasteiger charge is -2.63. The van der Waals surface area contributed by atoms with Gasteiger partial charge in [-0.1, -0.05) is 86.2 Å². The SMILES string of the molecule is CC1(C)CN(C(=O)C23CC4CC(c5ccccc5)(CC(C2)C4=Cc2ccccc2)C3)CC[C@@H]1N. The van der Waals surface area contributed by atoms with Gasteiger partial charge < -0.3 is 10.6 Å². The van der Waals surface area contributed by atoms with E-state index in [0.29, 0.717) is 17.7 Å². The fourth-order valence-corrected chi connectivity index (χ4v) is 8.18. The zero-order valence-corrected chi connectivity index (χ0v) is 20.7. The molecule has 0 spiro atoms. The Balaban J connectivity index is 1.38. The zero-order chi connectivity index (χ0) is 23.6. The Kier molecular flexibility index (Phi) is 5.08. The Morgan fingerprint density at radius 3 is 2.18 bits per heavy atom. The molecule has 2 aromatic carbocycles. The topological polar surface area (TPSA) is 46.3 Å². The molecule has 1 aliphatic heterocycles. The van der Waals surface area contributed by atoms with Crippen LogP contribution in [0.3, 0.4) is 0 Å². The summed E-state index contributed by atoms with van der Waals surface area (Å²) in [7, 11) is 0. The van der Waals surface area contributed by atoms with E-state index in [4.69, 9.17) is 5.73 Å². The molecule has 7 rings (SSSR count). The van der Waals surface area contributed by atoms with Gasteiger partial charge in [0.2, 0.25) is 5.91 Å². The van der Waals surface area contributed by atoms with E-state index in [2.05, 4.69) is 85.5 Å². The number of rotatable bonds is 3. The van der Waals surface area contributed by atoms with Crippen molar-refractivity contribution in [3.05, 3.63) is 77.4 Å². The maximum atomic E-state index is 14.4. The molecule has 4 aliphatic carbocycles. The summed E-state index contributed by atoms with van der Waals surface area (Å²) in [6.45, 7) is 6.05. The van der Waals surface area contributed by atoms with Gasteiger partial charge in [-0.3, -0.25) is 4.79 Å². The van der Waals surface area contributed by atoms with Crippen LogP contribution < -0.4 is 5.73 Å². The van der Waals surface area contributed by atoms with Crippen LogP contribution in [0.2, 0.25) is 0 Å². The standard InChI is InChI=1S/C31H38N2O/c1-29(2)21-33(14-13-27(29)32)28(34)31-18-23-16-30(20-31,25-11-7-4-8-12-25)17-24(19-31)26(23)15-22-9-5-3-6-10-22/h3-12,15,23-24,27H,13-14,16-21,32H2,1-2H3/t23?,24?,27-,30?,31?/m0/s1. The molecule has 5 aliphatic rings. The second kappa shape index (κ2) is 7.81. The second-order valence-electron chi connectivity index (χ2n) is 12.5. The van der Waals surface area contributed by atoms with Gasteiger partial charge in [-0.05, 0) is 72.3 Å². The molecule has 3 heteroatoms. The second-order valence-corrected chi connectivity index (χ2v) is 12.5. The summed E-state index contributed by atoms with van der Waals surface area (Å²) in [4.78, 5) is 16.5. The summed E-state index contributed by atoms with van der Waals surface area (Å²) in [5.41, 5.74) is 10.6. The normalized spacial score (nSPS) is 35.9. The molecule has 3 atom stereocenters. The molecule has 3 nitrogen and oxygen atoms in total. The average Bonchev–Trinajstić information content (AvgIpc) is 2.83. The first-order chi connectivity index (χ1) is 16.3. The number of nitrogens with two attached hydrogens (primary N) is 1. The van der Waals surface area contributed by atoms with Gasteiger partial charge in [0.05, 0.1) is 5.41 Å². The summed E-state index contributed by atoms with van der Waals surface area (Å²) >= 11 is 0. The van der Waals surface area contributed by atoms with Crippen LogP contribution in [0, 0.1) is 22.7 Å². The van der Waals surface area contributed by atoms with Crippen molar-refractivity contribution >= 4 is 12.0 Å². The van der Waals surface area contributed by atoms with Gasteiger partial charge in [-0.25, -0.2) is 0 Å². The van der Waals surface area contributed by atoms with E-state index in [1.165, 1.54) is 24.0 Å². The van der Waals surface area contributed by atoms with Crippen LogP contribution in [0.15, 0.2) is 66.2 Å². The fourth-order valence-electron chi connectivity index (χ4n) is 8.18. The third-order valence-corrected chi connectivity index (χ3v) is 9.74. The maximum absolute atomic E-state index is 14.4. The van der Waals surface area contributed by atoms with Gasteiger partial charge in [0.25, 0.3) is 0 Å². The lowest BCUT2D eigenvalue weighted by molar-refractivity contribution is -0.159. The van der Waals surface area contributed by atoms with E-state index in [1.807, 2.05) is 0 Å². The Labute approximate surface area is 204 Å². The molecule has 5 fully saturated rings. The fraction of sp³-hybridized carbons (Fsp3) is 0.516. The molecule has 2 unspecified atom stereocenters. The summed E-state index contributed by atoms with van der Waals surface area (Å²) in [5.74, 6) is 1.40. The van der Waals surface area contributed by atoms with Crippen molar-refractivity contribution in [3.63, 3.8) is 0 Å². The van der Waals surface area contributed by atoms with Crippen LogP contribution in [0.25, 0.3) is 6.08 Å². The molecule has 0 aromatic heterocycles. The maximum Gasteiger partial charge on any atom is 0.228 e. The minimum absolute atomic E-state index is 0.0221. The van der Waals surface area contributed by atoms with E-state index < -0.39 is 0 Å². The van der Waals surface area contributed by atoms with E-state index in [0.717, 1.165) is 38.8 Å². The number of carbonyl (C=O) groups excluding carboxylic acids is 1. The van der Waals surface area contributed by atoms with Gasteiger partial charge in [-0.15, -0.1) is 0 Å². The smallest absolute Gasteiger partial charge is 0.228 e. The molecule has 178 valence electrons. The quantitative estimate of drug-likeness (QED) is 0.637. The predicted octanol–water partition coefficient (Wildman–Crippen LogP) is 5.80. The lowest BCUT2D eigenvalue weighted by Crippen LogP contribution is -2.63. The van der Waals surface area contributed by atoms with Crippen LogP contribution in [-0.4, -0.2) is 29.9 Å². The highest BCUT2D eigenvalue weighted by molar-refractivity contribution is 5.84. The van der Waals surface area contributed by atoms with Crippen molar-refractivity contribution in [2.24, 2.45) is 28.4 Å². The molecule has 1 amide bonds. The third-order valence-electron chi connectivity index (χ3n) is 9.74. The Hall–Kier alpha value is -2.39. The van der Waals surface area contributed by atoms with Crippen molar-refractivity contribution < 1.29 is 4.79 Å². The summed E-state index contributed by atoms with van der Waals surface area (Å²) in [6.07, 6.45) is 8.75. The van der Waals surface area contributed by atoms with Gasteiger partial charge in [0.15, 0.2) is 0 Å². The number of allylic oxidation sites excluding steroid dienone is 1. The highest BCUT2D eigenvalue weighted by atomic mass is 16.2. The number of likely N-dealkylation sites (tertiary alicyclic amines) is 1. The molecule has 1 saturated heterocycles. The predicted molar refractivity (Wildman–Crippen MR) is 138 cm³/mol. The third kappa shape index (κ3) is 3.47. The lowest BCUT2D eigenvalue weighted by atomic mass is 9.41. The number of nitrogens with zero attached hydrogens (tertiary/aromatic N) is 1. The van der Waals surface area contributed by atoms with E-state index >= 15 is 0 Å². The van der Waals surface area contributed by atoms with Crippen molar-refractivity contribution in [1.82, 2.24) is 4.90 Å². The Morgan fingerprint density at radius 1 is 0.941 bits per heavy atom. The van der Waals surface area contributed by atoms with E-state index in [1.54, 1.807) is 5.57 Å². The number of hydrogen-bond donors (Lipinski definition) is 1. The number of carbonyl (C=O) groups is 1. The molecule has 2 aromatic rings. The van der Waals surface area contributed by atoms with Crippen molar-refractivity contribution in [3.8, 4) is 0 Å².